The standard InChI is InChI=1S/C13H10ClN5O2/c14-9-4-8-3-7(1-2-10(8)16-5-9)6-19-13(15)17-11(18-19)12(20)21/h1-5H,6H2,(H,20,21)(H2,15,17,18). The lowest BCUT2D eigenvalue weighted by molar-refractivity contribution is 0.0683. The number of carboxylic acid groups (broad SMARTS) is 1. The van der Waals surface area contributed by atoms with E-state index in [2.05, 4.69) is 15.1 Å². The van der Waals surface area contributed by atoms with Crippen LogP contribution in [0.2, 0.25) is 5.02 Å². The summed E-state index contributed by atoms with van der Waals surface area (Å²) in [7, 11) is 0. The fourth-order valence-electron chi connectivity index (χ4n) is 1.99. The largest absolute Gasteiger partial charge is 0.475 e. The van der Waals surface area contributed by atoms with E-state index in [9.17, 15) is 4.79 Å². The number of fused-ring (bicyclic) bond motifs is 1. The van der Waals surface area contributed by atoms with Crippen LogP contribution in [0.3, 0.4) is 0 Å². The summed E-state index contributed by atoms with van der Waals surface area (Å²) < 4.78 is 1.34. The maximum Gasteiger partial charge on any atom is 0.375 e. The maximum absolute atomic E-state index is 10.8. The van der Waals surface area contributed by atoms with Crippen LogP contribution in [0.4, 0.5) is 5.95 Å². The second-order valence-corrected chi connectivity index (χ2v) is 4.87. The van der Waals surface area contributed by atoms with E-state index in [0.29, 0.717) is 11.6 Å². The van der Waals surface area contributed by atoms with E-state index in [4.69, 9.17) is 22.4 Å². The monoisotopic (exact) mass is 303 g/mol. The molecule has 0 radical (unpaired) electrons. The molecule has 3 aromatic rings. The van der Waals surface area contributed by atoms with Crippen molar-refractivity contribution >= 4 is 34.4 Å². The molecule has 0 bridgehead atoms. The van der Waals surface area contributed by atoms with Crippen molar-refractivity contribution in [2.75, 3.05) is 5.73 Å². The van der Waals surface area contributed by atoms with Crippen molar-refractivity contribution in [1.82, 2.24) is 19.7 Å². The molecule has 0 saturated heterocycles. The Morgan fingerprint density at radius 1 is 1.38 bits per heavy atom. The Morgan fingerprint density at radius 2 is 2.19 bits per heavy atom. The molecular weight excluding hydrogens is 294 g/mol. The summed E-state index contributed by atoms with van der Waals surface area (Å²) in [6.45, 7) is 0.314. The number of carbonyl (C=O) groups is 1. The van der Waals surface area contributed by atoms with E-state index in [1.165, 1.54) is 4.68 Å². The summed E-state index contributed by atoms with van der Waals surface area (Å²) in [5.74, 6) is -1.48. The summed E-state index contributed by atoms with van der Waals surface area (Å²) in [6, 6.07) is 7.42. The summed E-state index contributed by atoms with van der Waals surface area (Å²) in [5, 5.41) is 14.1. The van der Waals surface area contributed by atoms with E-state index in [0.717, 1.165) is 16.5 Å². The molecule has 3 N–H and O–H groups in total. The number of hydrogen-bond acceptors (Lipinski definition) is 5. The van der Waals surface area contributed by atoms with Crippen molar-refractivity contribution in [3.63, 3.8) is 0 Å². The molecule has 0 aliphatic rings. The zero-order chi connectivity index (χ0) is 15.0. The molecule has 0 saturated carbocycles. The van der Waals surface area contributed by atoms with Crippen molar-refractivity contribution in [3.05, 3.63) is 46.9 Å². The first-order valence-corrected chi connectivity index (χ1v) is 6.38. The minimum Gasteiger partial charge on any atom is -0.475 e. The SMILES string of the molecule is Nc1nc(C(=O)O)nn1Cc1ccc2ncc(Cl)cc2c1. The third-order valence-electron chi connectivity index (χ3n) is 2.94. The Morgan fingerprint density at radius 3 is 2.90 bits per heavy atom. The number of nitrogen functional groups attached to an aromatic ring is 1. The van der Waals surface area contributed by atoms with Gasteiger partial charge in [0.2, 0.25) is 5.95 Å². The van der Waals surface area contributed by atoms with Crippen LogP contribution in [-0.2, 0) is 6.54 Å². The molecule has 3 rings (SSSR count). The molecule has 21 heavy (non-hydrogen) atoms. The fourth-order valence-corrected chi connectivity index (χ4v) is 2.15. The van der Waals surface area contributed by atoms with Gasteiger partial charge < -0.3 is 10.8 Å². The second-order valence-electron chi connectivity index (χ2n) is 4.44. The minimum atomic E-state index is -1.21. The van der Waals surface area contributed by atoms with Gasteiger partial charge in [-0.25, -0.2) is 9.48 Å². The number of rotatable bonds is 3. The van der Waals surface area contributed by atoms with Gasteiger partial charge in [0.05, 0.1) is 17.1 Å². The number of nitrogens with two attached hydrogens (primary N) is 1. The first-order chi connectivity index (χ1) is 10.0. The highest BCUT2D eigenvalue weighted by molar-refractivity contribution is 6.31. The Balaban J connectivity index is 1.96. The predicted molar refractivity (Wildman–Crippen MR) is 77.2 cm³/mol. The summed E-state index contributed by atoms with van der Waals surface area (Å²) in [5.41, 5.74) is 7.37. The summed E-state index contributed by atoms with van der Waals surface area (Å²) in [6.07, 6.45) is 1.58. The van der Waals surface area contributed by atoms with Gasteiger partial charge in [0.25, 0.3) is 5.82 Å². The predicted octanol–water partition coefficient (Wildman–Crippen LogP) is 1.81. The molecular formula is C13H10ClN5O2. The fraction of sp³-hybridized carbons (Fsp3) is 0.0769. The average Bonchev–Trinajstić information content (AvgIpc) is 2.80. The van der Waals surface area contributed by atoms with Gasteiger partial charge in [0, 0.05) is 11.6 Å². The molecule has 0 aliphatic heterocycles. The van der Waals surface area contributed by atoms with Crippen LogP contribution in [-0.4, -0.2) is 30.8 Å². The van der Waals surface area contributed by atoms with Crippen LogP contribution >= 0.6 is 11.6 Å². The van der Waals surface area contributed by atoms with Crippen molar-refractivity contribution < 1.29 is 9.90 Å². The van der Waals surface area contributed by atoms with Gasteiger partial charge in [-0.3, -0.25) is 4.98 Å². The number of halogens is 1. The average molecular weight is 304 g/mol. The van der Waals surface area contributed by atoms with E-state index in [1.807, 2.05) is 18.2 Å². The molecule has 0 amide bonds. The van der Waals surface area contributed by atoms with Gasteiger partial charge in [-0.05, 0) is 23.8 Å². The number of anilines is 1. The van der Waals surface area contributed by atoms with Gasteiger partial charge in [-0.1, -0.05) is 17.7 Å². The molecule has 0 unspecified atom stereocenters. The van der Waals surface area contributed by atoms with E-state index in [-0.39, 0.29) is 11.8 Å². The van der Waals surface area contributed by atoms with Gasteiger partial charge in [0.15, 0.2) is 0 Å². The Hall–Kier alpha value is -2.67. The van der Waals surface area contributed by atoms with E-state index >= 15 is 0 Å². The van der Waals surface area contributed by atoms with Crippen LogP contribution in [0.25, 0.3) is 10.9 Å². The number of aromatic nitrogens is 4. The van der Waals surface area contributed by atoms with Crippen LogP contribution in [0.15, 0.2) is 30.5 Å². The molecule has 2 aromatic heterocycles. The molecule has 2 heterocycles. The number of aromatic carboxylic acids is 1. The second kappa shape index (κ2) is 5.02. The third kappa shape index (κ3) is 2.63. The molecule has 7 nitrogen and oxygen atoms in total. The number of pyridine rings is 1. The van der Waals surface area contributed by atoms with Crippen LogP contribution < -0.4 is 5.73 Å². The van der Waals surface area contributed by atoms with Crippen LogP contribution in [0.1, 0.15) is 16.2 Å². The topological polar surface area (TPSA) is 107 Å². The summed E-state index contributed by atoms with van der Waals surface area (Å²) in [4.78, 5) is 18.7. The van der Waals surface area contributed by atoms with Crippen LogP contribution in [0, 0.1) is 0 Å². The van der Waals surface area contributed by atoms with Gasteiger partial charge in [0.1, 0.15) is 0 Å². The van der Waals surface area contributed by atoms with Gasteiger partial charge in [-0.2, -0.15) is 4.98 Å². The van der Waals surface area contributed by atoms with Crippen molar-refractivity contribution in [3.8, 4) is 0 Å². The third-order valence-corrected chi connectivity index (χ3v) is 3.14. The van der Waals surface area contributed by atoms with Crippen molar-refractivity contribution in [1.29, 1.82) is 0 Å². The molecule has 0 atom stereocenters. The highest BCUT2D eigenvalue weighted by Gasteiger charge is 2.13. The smallest absolute Gasteiger partial charge is 0.375 e. The van der Waals surface area contributed by atoms with E-state index in [1.54, 1.807) is 12.3 Å². The Kier molecular flexibility index (Phi) is 3.19. The quantitative estimate of drug-likeness (QED) is 0.764. The normalized spacial score (nSPS) is 10.9. The zero-order valence-electron chi connectivity index (χ0n) is 10.7. The maximum atomic E-state index is 10.8. The van der Waals surface area contributed by atoms with Crippen molar-refractivity contribution in [2.24, 2.45) is 0 Å². The van der Waals surface area contributed by atoms with E-state index < -0.39 is 5.97 Å². The van der Waals surface area contributed by atoms with Crippen molar-refractivity contribution in [2.45, 2.75) is 6.54 Å². The number of hydrogen-bond donors (Lipinski definition) is 2. The molecule has 0 fully saturated rings. The molecule has 8 heteroatoms. The highest BCUT2D eigenvalue weighted by Crippen LogP contribution is 2.19. The molecule has 0 aliphatic carbocycles. The lowest BCUT2D eigenvalue weighted by Gasteiger charge is -2.05. The Bertz CT molecular complexity index is 846. The van der Waals surface area contributed by atoms with Gasteiger partial charge in [-0.15, -0.1) is 5.10 Å². The molecule has 106 valence electrons. The highest BCUT2D eigenvalue weighted by atomic mass is 35.5. The Labute approximate surface area is 124 Å². The lowest BCUT2D eigenvalue weighted by atomic mass is 10.1. The first-order valence-electron chi connectivity index (χ1n) is 6.01. The minimum absolute atomic E-state index is 0.0525. The number of nitrogens with zero attached hydrogens (tertiary/aromatic N) is 4. The number of benzene rings is 1. The van der Waals surface area contributed by atoms with Gasteiger partial charge >= 0.3 is 5.97 Å². The van der Waals surface area contributed by atoms with Crippen LogP contribution in [0.5, 0.6) is 0 Å². The lowest BCUT2D eigenvalue weighted by Crippen LogP contribution is -2.07. The number of carboxylic acids is 1. The first kappa shape index (κ1) is 13.3. The summed E-state index contributed by atoms with van der Waals surface area (Å²) >= 11 is 5.92. The molecule has 1 aromatic carbocycles. The zero-order valence-corrected chi connectivity index (χ0v) is 11.4. The molecule has 0 spiro atoms.